The second-order valence-corrected chi connectivity index (χ2v) is 5.62. The highest BCUT2D eigenvalue weighted by Crippen LogP contribution is 2.28. The molecule has 0 saturated heterocycles. The molecule has 0 unspecified atom stereocenters. The number of benzene rings is 2. The maximum absolute atomic E-state index is 13.6. The first-order chi connectivity index (χ1) is 10.6. The van der Waals surface area contributed by atoms with Gasteiger partial charge >= 0.3 is 0 Å². The Balaban J connectivity index is 1.75. The van der Waals surface area contributed by atoms with Crippen molar-refractivity contribution in [2.75, 3.05) is 0 Å². The van der Waals surface area contributed by atoms with Crippen molar-refractivity contribution >= 4 is 11.8 Å². The van der Waals surface area contributed by atoms with Gasteiger partial charge in [0.05, 0.1) is 0 Å². The molecule has 0 aliphatic heterocycles. The van der Waals surface area contributed by atoms with E-state index in [-0.39, 0.29) is 11.3 Å². The molecule has 0 N–H and O–H groups in total. The second kappa shape index (κ2) is 6.27. The SMILES string of the molecule is Cc1ccccc1-c1nnc(SCc2cccc(F)c2F)o1. The van der Waals surface area contributed by atoms with Crippen LogP contribution in [-0.2, 0) is 5.75 Å². The van der Waals surface area contributed by atoms with Gasteiger partial charge in [-0.3, -0.25) is 0 Å². The van der Waals surface area contributed by atoms with Crippen molar-refractivity contribution in [2.45, 2.75) is 17.9 Å². The predicted molar refractivity (Wildman–Crippen MR) is 80.4 cm³/mol. The van der Waals surface area contributed by atoms with Gasteiger partial charge in [0.2, 0.25) is 5.89 Å². The Bertz CT molecular complexity index is 804. The second-order valence-electron chi connectivity index (χ2n) is 4.69. The fraction of sp³-hybridized carbons (Fsp3) is 0.125. The summed E-state index contributed by atoms with van der Waals surface area (Å²) in [4.78, 5) is 0. The van der Waals surface area contributed by atoms with Crippen LogP contribution in [0.2, 0.25) is 0 Å². The number of aryl methyl sites for hydroxylation is 1. The van der Waals surface area contributed by atoms with Crippen molar-refractivity contribution in [2.24, 2.45) is 0 Å². The van der Waals surface area contributed by atoms with Crippen LogP contribution >= 0.6 is 11.8 Å². The number of hydrogen-bond acceptors (Lipinski definition) is 4. The molecule has 112 valence electrons. The van der Waals surface area contributed by atoms with Crippen LogP contribution in [0.15, 0.2) is 52.1 Å². The van der Waals surface area contributed by atoms with Crippen molar-refractivity contribution < 1.29 is 13.2 Å². The van der Waals surface area contributed by atoms with E-state index < -0.39 is 11.6 Å². The van der Waals surface area contributed by atoms with E-state index in [1.807, 2.05) is 31.2 Å². The van der Waals surface area contributed by atoms with Crippen molar-refractivity contribution in [1.82, 2.24) is 10.2 Å². The molecular formula is C16H12F2N2OS. The first-order valence-corrected chi connectivity index (χ1v) is 7.59. The third kappa shape index (κ3) is 3.01. The Morgan fingerprint density at radius 3 is 2.68 bits per heavy atom. The average molecular weight is 318 g/mol. The molecule has 0 aliphatic rings. The third-order valence-electron chi connectivity index (χ3n) is 3.16. The summed E-state index contributed by atoms with van der Waals surface area (Å²) in [7, 11) is 0. The van der Waals surface area contributed by atoms with Crippen molar-refractivity contribution in [3.05, 3.63) is 65.2 Å². The molecule has 0 fully saturated rings. The van der Waals surface area contributed by atoms with E-state index in [1.54, 1.807) is 0 Å². The molecule has 0 radical (unpaired) electrons. The zero-order valence-corrected chi connectivity index (χ0v) is 12.5. The topological polar surface area (TPSA) is 38.9 Å². The van der Waals surface area contributed by atoms with E-state index in [4.69, 9.17) is 4.42 Å². The molecule has 2 aromatic carbocycles. The van der Waals surface area contributed by atoms with Crippen LogP contribution in [0.25, 0.3) is 11.5 Å². The highest BCUT2D eigenvalue weighted by molar-refractivity contribution is 7.98. The smallest absolute Gasteiger partial charge is 0.277 e. The van der Waals surface area contributed by atoms with E-state index in [2.05, 4.69) is 10.2 Å². The van der Waals surface area contributed by atoms with Crippen molar-refractivity contribution in [1.29, 1.82) is 0 Å². The molecular weight excluding hydrogens is 306 g/mol. The Kier molecular flexibility index (Phi) is 4.20. The van der Waals surface area contributed by atoms with Gasteiger partial charge in [-0.25, -0.2) is 8.78 Å². The lowest BCUT2D eigenvalue weighted by molar-refractivity contribution is 0.465. The minimum Gasteiger partial charge on any atom is -0.411 e. The molecule has 0 amide bonds. The Labute approximate surface area is 130 Å². The van der Waals surface area contributed by atoms with Crippen LogP contribution in [0.3, 0.4) is 0 Å². The molecule has 22 heavy (non-hydrogen) atoms. The molecule has 3 aromatic rings. The summed E-state index contributed by atoms with van der Waals surface area (Å²) < 4.78 is 32.3. The number of rotatable bonds is 4. The van der Waals surface area contributed by atoms with Crippen LogP contribution in [-0.4, -0.2) is 10.2 Å². The monoisotopic (exact) mass is 318 g/mol. The number of halogens is 2. The van der Waals surface area contributed by atoms with Gasteiger partial charge in [-0.1, -0.05) is 42.1 Å². The molecule has 0 saturated carbocycles. The molecule has 6 heteroatoms. The highest BCUT2D eigenvalue weighted by atomic mass is 32.2. The van der Waals surface area contributed by atoms with E-state index in [9.17, 15) is 8.78 Å². The molecule has 1 heterocycles. The average Bonchev–Trinajstić information content (AvgIpc) is 2.98. The number of nitrogens with zero attached hydrogens (tertiary/aromatic N) is 2. The maximum Gasteiger partial charge on any atom is 0.277 e. The normalized spacial score (nSPS) is 10.9. The van der Waals surface area contributed by atoms with Gasteiger partial charge in [0.15, 0.2) is 11.6 Å². The quantitative estimate of drug-likeness (QED) is 0.658. The standard InChI is InChI=1S/C16H12F2N2OS/c1-10-5-2-3-7-12(10)15-19-20-16(21-15)22-9-11-6-4-8-13(17)14(11)18/h2-8H,9H2,1H3. The summed E-state index contributed by atoms with van der Waals surface area (Å²) in [5.74, 6) is -1.06. The molecule has 3 nitrogen and oxygen atoms in total. The summed E-state index contributed by atoms with van der Waals surface area (Å²) in [6.07, 6.45) is 0. The van der Waals surface area contributed by atoms with E-state index in [0.29, 0.717) is 11.1 Å². The first kappa shape index (κ1) is 14.7. The predicted octanol–water partition coefficient (Wildman–Crippen LogP) is 4.62. The Morgan fingerprint density at radius 2 is 1.86 bits per heavy atom. The molecule has 0 spiro atoms. The summed E-state index contributed by atoms with van der Waals surface area (Å²) in [6.45, 7) is 1.95. The lowest BCUT2D eigenvalue weighted by Gasteiger charge is -2.01. The molecule has 3 rings (SSSR count). The zero-order chi connectivity index (χ0) is 15.5. The van der Waals surface area contributed by atoms with E-state index in [1.165, 1.54) is 23.9 Å². The van der Waals surface area contributed by atoms with Gasteiger partial charge in [0, 0.05) is 16.9 Å². The lowest BCUT2D eigenvalue weighted by atomic mass is 10.1. The van der Waals surface area contributed by atoms with Gasteiger partial charge in [0.1, 0.15) is 0 Å². The molecule has 1 aromatic heterocycles. The number of hydrogen-bond donors (Lipinski definition) is 0. The highest BCUT2D eigenvalue weighted by Gasteiger charge is 2.13. The maximum atomic E-state index is 13.6. The van der Waals surface area contributed by atoms with Gasteiger partial charge in [-0.2, -0.15) is 0 Å². The number of thioether (sulfide) groups is 1. The zero-order valence-electron chi connectivity index (χ0n) is 11.7. The summed E-state index contributed by atoms with van der Waals surface area (Å²) >= 11 is 1.17. The van der Waals surface area contributed by atoms with Crippen LogP contribution in [0.4, 0.5) is 8.78 Å². The van der Waals surface area contributed by atoms with Crippen molar-refractivity contribution in [3.63, 3.8) is 0 Å². The lowest BCUT2D eigenvalue weighted by Crippen LogP contribution is -1.91. The largest absolute Gasteiger partial charge is 0.411 e. The summed E-state index contributed by atoms with van der Waals surface area (Å²) in [5, 5.41) is 8.25. The van der Waals surface area contributed by atoms with Gasteiger partial charge in [-0.05, 0) is 24.6 Å². The molecule has 0 aliphatic carbocycles. The van der Waals surface area contributed by atoms with Crippen LogP contribution in [0, 0.1) is 18.6 Å². The fourth-order valence-electron chi connectivity index (χ4n) is 1.99. The Hall–Kier alpha value is -2.21. The first-order valence-electron chi connectivity index (χ1n) is 6.60. The van der Waals surface area contributed by atoms with Gasteiger partial charge in [-0.15, -0.1) is 10.2 Å². The molecule has 0 bridgehead atoms. The summed E-state index contributed by atoms with van der Waals surface area (Å²) in [6, 6.07) is 11.8. The van der Waals surface area contributed by atoms with Gasteiger partial charge in [0.25, 0.3) is 5.22 Å². The fourth-order valence-corrected chi connectivity index (χ4v) is 2.73. The number of aromatic nitrogens is 2. The van der Waals surface area contributed by atoms with Crippen LogP contribution < -0.4 is 0 Å². The summed E-state index contributed by atoms with van der Waals surface area (Å²) in [5.41, 5.74) is 2.15. The van der Waals surface area contributed by atoms with Crippen molar-refractivity contribution in [3.8, 4) is 11.5 Å². The minimum atomic E-state index is -0.857. The van der Waals surface area contributed by atoms with E-state index in [0.717, 1.165) is 17.2 Å². The van der Waals surface area contributed by atoms with Crippen LogP contribution in [0.1, 0.15) is 11.1 Å². The van der Waals surface area contributed by atoms with Crippen LogP contribution in [0.5, 0.6) is 0 Å². The Morgan fingerprint density at radius 1 is 1.05 bits per heavy atom. The van der Waals surface area contributed by atoms with E-state index >= 15 is 0 Å². The van der Waals surface area contributed by atoms with Gasteiger partial charge < -0.3 is 4.42 Å². The molecule has 0 atom stereocenters. The third-order valence-corrected chi connectivity index (χ3v) is 4.03. The minimum absolute atomic E-state index is 0.221.